The molecule has 0 spiro atoms. The number of hydrogen-bond donors (Lipinski definition) is 0. The van der Waals surface area contributed by atoms with E-state index in [1.807, 2.05) is 11.3 Å². The van der Waals surface area contributed by atoms with Crippen LogP contribution in [0.4, 0.5) is 0 Å². The zero-order valence-electron chi connectivity index (χ0n) is 20.5. The Morgan fingerprint density at radius 3 is 1.89 bits per heavy atom. The number of rotatable bonds is 1. The average Bonchev–Trinajstić information content (AvgIpc) is 3.54. The van der Waals surface area contributed by atoms with Crippen molar-refractivity contribution in [1.82, 2.24) is 4.57 Å². The number of hydrogen-bond acceptors (Lipinski definition) is 1. The average molecular weight is 500 g/mol. The van der Waals surface area contributed by atoms with E-state index in [9.17, 15) is 0 Å². The molecule has 0 aliphatic carbocycles. The molecule has 0 amide bonds. The molecule has 176 valence electrons. The second kappa shape index (κ2) is 7.44. The third-order valence-electron chi connectivity index (χ3n) is 8.14. The number of aromatic nitrogens is 1. The highest BCUT2D eigenvalue weighted by atomic mass is 32.1. The van der Waals surface area contributed by atoms with Gasteiger partial charge in [-0.25, -0.2) is 0 Å². The minimum absolute atomic E-state index is 1.22. The predicted octanol–water partition coefficient (Wildman–Crippen LogP) is 10.6. The quantitative estimate of drug-likeness (QED) is 0.212. The van der Waals surface area contributed by atoms with Crippen LogP contribution in [-0.2, 0) is 0 Å². The van der Waals surface area contributed by atoms with E-state index < -0.39 is 0 Å². The fraction of sp³-hybridized carbons (Fsp3) is 0. The van der Waals surface area contributed by atoms with Crippen LogP contribution in [-0.4, -0.2) is 4.57 Å². The van der Waals surface area contributed by atoms with Crippen molar-refractivity contribution in [3.63, 3.8) is 0 Å². The molecule has 0 aliphatic heterocycles. The summed E-state index contributed by atoms with van der Waals surface area (Å²) in [6, 6.07) is 46.8. The van der Waals surface area contributed by atoms with Gasteiger partial charge in [0.25, 0.3) is 0 Å². The number of fused-ring (bicyclic) bond motifs is 13. The smallest absolute Gasteiger partial charge is 0.0627 e. The third-order valence-corrected chi connectivity index (χ3v) is 9.34. The van der Waals surface area contributed by atoms with Crippen molar-refractivity contribution in [2.24, 2.45) is 0 Å². The van der Waals surface area contributed by atoms with Gasteiger partial charge in [-0.1, -0.05) is 109 Å². The highest BCUT2D eigenvalue weighted by Crippen LogP contribution is 2.49. The summed E-state index contributed by atoms with van der Waals surface area (Å²) in [7, 11) is 0. The van der Waals surface area contributed by atoms with Gasteiger partial charge in [0.05, 0.1) is 16.7 Å². The highest BCUT2D eigenvalue weighted by Gasteiger charge is 2.23. The summed E-state index contributed by atoms with van der Waals surface area (Å²) in [5.41, 5.74) is 3.77. The monoisotopic (exact) mass is 499 g/mol. The van der Waals surface area contributed by atoms with Crippen LogP contribution in [0, 0.1) is 0 Å². The first-order valence-electron chi connectivity index (χ1n) is 13.0. The van der Waals surface area contributed by atoms with Crippen molar-refractivity contribution >= 4 is 85.6 Å². The van der Waals surface area contributed by atoms with E-state index in [0.717, 1.165) is 0 Å². The van der Waals surface area contributed by atoms with Gasteiger partial charge in [-0.15, -0.1) is 11.3 Å². The molecule has 0 saturated heterocycles. The van der Waals surface area contributed by atoms with Gasteiger partial charge in [0.15, 0.2) is 0 Å². The van der Waals surface area contributed by atoms with Gasteiger partial charge in [0.1, 0.15) is 0 Å². The van der Waals surface area contributed by atoms with Gasteiger partial charge in [-0.05, 0) is 34.4 Å². The minimum atomic E-state index is 1.22. The first-order valence-corrected chi connectivity index (χ1v) is 13.9. The second-order valence-electron chi connectivity index (χ2n) is 10.1. The largest absolute Gasteiger partial charge is 0.308 e. The summed E-state index contributed by atoms with van der Waals surface area (Å²) in [5, 5.41) is 13.1. The Balaban J connectivity index is 1.69. The van der Waals surface area contributed by atoms with Gasteiger partial charge < -0.3 is 4.57 Å². The van der Waals surface area contributed by atoms with Crippen molar-refractivity contribution in [2.45, 2.75) is 0 Å². The fourth-order valence-electron chi connectivity index (χ4n) is 6.58. The maximum absolute atomic E-state index is 2.54. The topological polar surface area (TPSA) is 4.93 Å². The maximum atomic E-state index is 2.54. The van der Waals surface area contributed by atoms with Crippen LogP contribution in [0.25, 0.3) is 80.0 Å². The molecule has 2 aromatic heterocycles. The second-order valence-corrected chi connectivity index (χ2v) is 11.1. The van der Waals surface area contributed by atoms with Crippen LogP contribution in [0.2, 0.25) is 0 Å². The summed E-state index contributed by atoms with van der Waals surface area (Å²) >= 11 is 1.92. The number of benzene rings is 7. The molecule has 38 heavy (non-hydrogen) atoms. The Hall–Kier alpha value is -4.66. The van der Waals surface area contributed by atoms with E-state index in [-0.39, 0.29) is 0 Å². The third kappa shape index (κ3) is 2.55. The summed E-state index contributed by atoms with van der Waals surface area (Å²) in [6.07, 6.45) is 0. The summed E-state index contributed by atoms with van der Waals surface area (Å²) in [4.78, 5) is 0. The maximum Gasteiger partial charge on any atom is 0.0627 e. The highest BCUT2D eigenvalue weighted by molar-refractivity contribution is 7.27. The Morgan fingerprint density at radius 1 is 0.421 bits per heavy atom. The molecular weight excluding hydrogens is 478 g/mol. The van der Waals surface area contributed by atoms with E-state index in [1.165, 1.54) is 80.0 Å². The van der Waals surface area contributed by atoms with Crippen molar-refractivity contribution in [3.8, 4) is 5.69 Å². The van der Waals surface area contributed by atoms with Crippen molar-refractivity contribution in [1.29, 1.82) is 0 Å². The van der Waals surface area contributed by atoms with E-state index in [0.29, 0.717) is 0 Å². The van der Waals surface area contributed by atoms with Crippen LogP contribution in [0.5, 0.6) is 0 Å². The molecule has 0 saturated carbocycles. The minimum Gasteiger partial charge on any atom is -0.308 e. The summed E-state index contributed by atoms with van der Waals surface area (Å²) in [5.74, 6) is 0. The lowest BCUT2D eigenvalue weighted by atomic mass is 9.97. The van der Waals surface area contributed by atoms with Crippen molar-refractivity contribution in [3.05, 3.63) is 127 Å². The molecule has 0 aliphatic rings. The van der Waals surface area contributed by atoms with E-state index in [4.69, 9.17) is 0 Å². The molecule has 2 heteroatoms. The Morgan fingerprint density at radius 2 is 1.05 bits per heavy atom. The molecule has 0 fully saturated rings. The fourth-order valence-corrected chi connectivity index (χ4v) is 7.83. The van der Waals surface area contributed by atoms with Gasteiger partial charge in [0, 0.05) is 47.1 Å². The number of nitrogens with zero attached hydrogens (tertiary/aromatic N) is 1. The van der Waals surface area contributed by atoms with Crippen LogP contribution < -0.4 is 0 Å². The van der Waals surface area contributed by atoms with E-state index in [1.54, 1.807) is 0 Å². The standard InChI is InChI=1S/C36H21NS/c1-3-13-24-22(10-1)12-9-18-29(24)37-30-21-20-23-11-2-4-14-25(23)32(30)34-33-28-17-7-8-19-31(28)38-36(33)27-16-6-5-15-26(27)35(34)37/h1-21H. The molecule has 7 aromatic carbocycles. The molecule has 0 unspecified atom stereocenters. The SMILES string of the molecule is c1ccc2c(-n3c4ccc5ccccc5c4c4c5c6ccccc6sc5c5ccccc5c43)cccc2c1. The molecule has 0 bridgehead atoms. The van der Waals surface area contributed by atoms with Gasteiger partial charge in [-0.2, -0.15) is 0 Å². The zero-order valence-corrected chi connectivity index (χ0v) is 21.3. The van der Waals surface area contributed by atoms with E-state index in [2.05, 4.69) is 132 Å². The van der Waals surface area contributed by atoms with Crippen LogP contribution >= 0.6 is 11.3 Å². The summed E-state index contributed by atoms with van der Waals surface area (Å²) in [6.45, 7) is 0. The molecule has 9 rings (SSSR count). The van der Waals surface area contributed by atoms with Gasteiger partial charge in [-0.3, -0.25) is 0 Å². The number of thiophene rings is 1. The molecule has 2 heterocycles. The lowest BCUT2D eigenvalue weighted by molar-refractivity contribution is 1.21. The Kier molecular flexibility index (Phi) is 3.99. The van der Waals surface area contributed by atoms with Crippen LogP contribution in [0.3, 0.4) is 0 Å². The van der Waals surface area contributed by atoms with Crippen molar-refractivity contribution < 1.29 is 0 Å². The lowest BCUT2D eigenvalue weighted by Crippen LogP contribution is -1.96. The van der Waals surface area contributed by atoms with Gasteiger partial charge in [0.2, 0.25) is 0 Å². The molecule has 1 nitrogen and oxygen atoms in total. The predicted molar refractivity (Wildman–Crippen MR) is 166 cm³/mol. The summed E-state index contributed by atoms with van der Waals surface area (Å²) < 4.78 is 5.25. The molecule has 0 atom stereocenters. The van der Waals surface area contributed by atoms with Crippen molar-refractivity contribution in [2.75, 3.05) is 0 Å². The van der Waals surface area contributed by atoms with E-state index >= 15 is 0 Å². The first kappa shape index (κ1) is 20.4. The van der Waals surface area contributed by atoms with Crippen LogP contribution in [0.1, 0.15) is 0 Å². The Bertz CT molecular complexity index is 2400. The molecular formula is C36H21NS. The Labute approximate surface area is 222 Å². The molecule has 0 N–H and O–H groups in total. The van der Waals surface area contributed by atoms with Gasteiger partial charge >= 0.3 is 0 Å². The zero-order chi connectivity index (χ0) is 24.8. The normalized spacial score (nSPS) is 12.2. The first-order chi connectivity index (χ1) is 18.9. The molecule has 9 aromatic rings. The lowest BCUT2D eigenvalue weighted by Gasteiger charge is -2.13. The van der Waals surface area contributed by atoms with Crippen LogP contribution in [0.15, 0.2) is 127 Å². The molecule has 0 radical (unpaired) electrons.